The Bertz CT molecular complexity index is 2510. The van der Waals surface area contributed by atoms with E-state index in [1.54, 1.807) is 29.1 Å². The fourth-order valence-corrected chi connectivity index (χ4v) is 6.41. The zero-order valence-electron chi connectivity index (χ0n) is 39.0. The fourth-order valence-electron chi connectivity index (χ4n) is 4.42. The smallest absolute Gasteiger partial charge is 0.747 e. The summed E-state index contributed by atoms with van der Waals surface area (Å²) in [5.74, 6) is -4.55. The Balaban J connectivity index is 0.000000835. The van der Waals surface area contributed by atoms with Crippen LogP contribution < -0.4 is 48.5 Å². The number of amides is 5. The molecule has 0 saturated carbocycles. The minimum absolute atomic E-state index is 0. The number of nitro groups is 1. The van der Waals surface area contributed by atoms with E-state index >= 15 is 0 Å². The first kappa shape index (κ1) is 64.1. The largest absolute Gasteiger partial charge is 1.00 e. The predicted octanol–water partition coefficient (Wildman–Crippen LogP) is -2.50. The number of aromatic nitrogens is 5. The number of hydrogen-bond acceptors (Lipinski definition) is 27. The van der Waals surface area contributed by atoms with Crippen molar-refractivity contribution in [1.29, 1.82) is 0 Å². The molecule has 0 radical (unpaired) electrons. The number of rotatable bonds is 8. The van der Waals surface area contributed by atoms with Crippen molar-refractivity contribution in [2.45, 2.75) is 66.1 Å². The second kappa shape index (κ2) is 31.3. The summed E-state index contributed by atoms with van der Waals surface area (Å²) in [7, 11) is -2.14. The summed E-state index contributed by atoms with van der Waals surface area (Å²) in [4.78, 5) is 141. The van der Waals surface area contributed by atoms with Crippen LogP contribution in [0.3, 0.4) is 0 Å². The molecule has 1 unspecified atom stereocenters. The molecule has 3 aromatic rings. The number of nitrogens with zero attached hydrogens (tertiary/aromatic N) is 9. The van der Waals surface area contributed by atoms with Gasteiger partial charge in [-0.1, -0.05) is 24.0 Å². The van der Waals surface area contributed by atoms with E-state index in [4.69, 9.17) is 21.7 Å². The van der Waals surface area contributed by atoms with Crippen LogP contribution in [0, 0.1) is 10.1 Å². The molecular weight excluding hydrogens is 1030 g/mol. The molecule has 5 amide bonds. The Morgan fingerprint density at radius 2 is 1.24 bits per heavy atom. The number of imide groups is 2. The minimum Gasteiger partial charge on any atom is -0.747 e. The molecule has 0 bridgehead atoms. The summed E-state index contributed by atoms with van der Waals surface area (Å²) in [5, 5.41) is 8.75. The van der Waals surface area contributed by atoms with Gasteiger partial charge < -0.3 is 33.2 Å². The van der Waals surface area contributed by atoms with E-state index in [0.717, 1.165) is 30.5 Å². The van der Waals surface area contributed by atoms with Crippen LogP contribution in [0.1, 0.15) is 65.6 Å². The van der Waals surface area contributed by atoms with Gasteiger partial charge in [-0.25, -0.2) is 23.0 Å². The number of benzene rings is 1. The van der Waals surface area contributed by atoms with Gasteiger partial charge in [-0.3, -0.25) is 57.9 Å². The number of esters is 2. The maximum atomic E-state index is 11.1. The first-order valence-corrected chi connectivity index (χ1v) is 21.9. The van der Waals surface area contributed by atoms with Gasteiger partial charge in [0, 0.05) is 91.2 Å². The van der Waals surface area contributed by atoms with Gasteiger partial charge in [0.05, 0.1) is 25.6 Å². The average Bonchev–Trinajstić information content (AvgIpc) is 4.09. The topological polar surface area (TPSA) is 393 Å². The van der Waals surface area contributed by atoms with Gasteiger partial charge in [0.2, 0.25) is 11.8 Å². The summed E-state index contributed by atoms with van der Waals surface area (Å²) < 4.78 is 52.5. The number of imidazole rings is 1. The second-order valence-electron chi connectivity index (χ2n) is 12.8. The standard InChI is InChI=1S/C8H7NO4.C7H9N3O4.C6H7NO7S.C6H7NO4.C5H6N2O.C5H7NOS2.Na/c1-6(10)13-8-4-2-7(3-5-8)9(11)12;1-4(11)14-7-9-5(12-2)8-6(10-7)13-3;1-3(8)14-7-5(9)2-4(6(7)10)15(11,12)13;1-4(8)11-7-5(9)2-3-6(7)10;1-5(8)7-3-2-6-4-7;1-4(7)6-2-3-9-5(6)8;/h2-5H,1H3;1-3H3;4H,2H2,1H3,(H,11,12,13);2-3H2,1H3;2-4H,1H3;2-3H2,1H3;/q;;;;;;+1/p-1. The zero-order valence-corrected chi connectivity index (χ0v) is 43.4. The van der Waals surface area contributed by atoms with Gasteiger partial charge in [-0.05, 0) is 12.1 Å². The molecular formula is C37H42N9NaO21S3. The summed E-state index contributed by atoms with van der Waals surface area (Å²) >= 11 is 6.45. The van der Waals surface area contributed by atoms with Gasteiger partial charge in [0.25, 0.3) is 29.3 Å². The molecule has 71 heavy (non-hydrogen) atoms. The molecule has 0 spiro atoms. The number of non-ortho nitro benzene ring substituents is 1. The summed E-state index contributed by atoms with van der Waals surface area (Å²) in [6.45, 7) is 8.39. The number of thioether (sulfide) groups is 1. The number of carbonyl (C=O) groups is 10. The van der Waals surface area contributed by atoms with E-state index in [9.17, 15) is 71.0 Å². The first-order valence-electron chi connectivity index (χ1n) is 19.0. The molecule has 3 aliphatic rings. The molecule has 3 saturated heterocycles. The Hall–Kier alpha value is -6.91. The van der Waals surface area contributed by atoms with Crippen molar-refractivity contribution < 1.29 is 124 Å². The van der Waals surface area contributed by atoms with E-state index in [2.05, 4.69) is 39.1 Å². The molecule has 0 aliphatic carbocycles. The Labute approximate surface area is 434 Å². The Morgan fingerprint density at radius 1 is 0.746 bits per heavy atom. The van der Waals surface area contributed by atoms with Crippen LogP contribution in [-0.4, -0.2) is 153 Å². The van der Waals surface area contributed by atoms with E-state index in [-0.39, 0.29) is 83.0 Å². The monoisotopic (exact) mass is 1070 g/mol. The van der Waals surface area contributed by atoms with E-state index in [1.165, 1.54) is 77.1 Å². The third kappa shape index (κ3) is 24.0. The number of hydroxylamine groups is 4. The first-order chi connectivity index (χ1) is 32.6. The van der Waals surface area contributed by atoms with E-state index < -0.39 is 74.2 Å². The van der Waals surface area contributed by atoms with Crippen LogP contribution in [0.5, 0.6) is 23.8 Å². The van der Waals surface area contributed by atoms with Crippen molar-refractivity contribution in [3.63, 3.8) is 0 Å². The number of ether oxygens (including phenoxy) is 4. The van der Waals surface area contributed by atoms with E-state index in [1.807, 2.05) is 0 Å². The molecule has 5 heterocycles. The number of methoxy groups -OCH3 is 2. The molecule has 1 aromatic carbocycles. The van der Waals surface area contributed by atoms with Crippen molar-refractivity contribution in [2.75, 3.05) is 26.5 Å². The van der Waals surface area contributed by atoms with Crippen molar-refractivity contribution in [2.24, 2.45) is 0 Å². The van der Waals surface area contributed by atoms with Gasteiger partial charge in [0.1, 0.15) is 31.8 Å². The van der Waals surface area contributed by atoms with Crippen LogP contribution in [0.25, 0.3) is 0 Å². The fraction of sp³-hybridized carbons (Fsp3) is 0.378. The molecule has 2 aromatic heterocycles. The van der Waals surface area contributed by atoms with Gasteiger partial charge >= 0.3 is 71.5 Å². The minimum atomic E-state index is -4.91. The van der Waals surface area contributed by atoms with Crippen molar-refractivity contribution in [1.82, 2.24) is 39.5 Å². The second-order valence-corrected chi connectivity index (χ2v) is 16.0. The van der Waals surface area contributed by atoms with Crippen molar-refractivity contribution >= 4 is 103 Å². The molecule has 6 rings (SSSR count). The molecule has 3 fully saturated rings. The van der Waals surface area contributed by atoms with Crippen LogP contribution in [-0.2, 0) is 62.9 Å². The van der Waals surface area contributed by atoms with Gasteiger partial charge in [-0.2, -0.15) is 0 Å². The molecule has 3 aliphatic heterocycles. The van der Waals surface area contributed by atoms with E-state index in [0.29, 0.717) is 10.8 Å². The molecule has 34 heteroatoms. The molecule has 30 nitrogen and oxygen atoms in total. The third-order valence-corrected chi connectivity index (χ3v) is 9.84. The zero-order chi connectivity index (χ0) is 53.5. The molecule has 380 valence electrons. The van der Waals surface area contributed by atoms with Gasteiger partial charge in [0.15, 0.2) is 0 Å². The summed E-state index contributed by atoms with van der Waals surface area (Å²) in [6, 6.07) is 5.19. The van der Waals surface area contributed by atoms with Crippen molar-refractivity contribution in [3.05, 3.63) is 53.1 Å². The maximum Gasteiger partial charge on any atom is 1.00 e. The maximum absolute atomic E-state index is 11.1. The van der Waals surface area contributed by atoms with Crippen molar-refractivity contribution in [3.8, 4) is 23.8 Å². The van der Waals surface area contributed by atoms with Crippen LogP contribution in [0.4, 0.5) is 5.69 Å². The third-order valence-electron chi connectivity index (χ3n) is 7.35. The quantitative estimate of drug-likeness (QED) is 0.0329. The van der Waals surface area contributed by atoms with Crippen LogP contribution in [0.2, 0.25) is 0 Å². The van der Waals surface area contributed by atoms with Gasteiger partial charge in [-0.15, -0.1) is 25.1 Å². The Morgan fingerprint density at radius 3 is 1.56 bits per heavy atom. The Kier molecular flexibility index (Phi) is 28.3. The number of hydrogen-bond donors (Lipinski definition) is 0. The number of thiocarbonyl (C=S) groups is 1. The predicted molar refractivity (Wildman–Crippen MR) is 234 cm³/mol. The molecule has 1 atom stereocenters. The average molecular weight is 1070 g/mol. The number of carbonyl (C=O) groups excluding carboxylic acids is 10. The normalized spacial score (nSPS) is 14.3. The van der Waals surface area contributed by atoms with Crippen LogP contribution in [0.15, 0.2) is 43.0 Å². The SMILES string of the molecule is CC(=O)N1CCSC1=S.CC(=O)ON1C(=O)CC(S(=O)(=O)[O-])C1=O.CC(=O)ON1C(=O)CCC1=O.CC(=O)Oc1ccc([N+](=O)[O-])cc1.CC(=O)n1ccnc1.COc1nc(OC)nc(OC(C)=O)n1.[Na+]. The summed E-state index contributed by atoms with van der Waals surface area (Å²) in [6.07, 6.45) is 4.13. The summed E-state index contributed by atoms with van der Waals surface area (Å²) in [5.41, 5.74) is -0.0316. The number of nitro benzene ring substituents is 1. The van der Waals surface area contributed by atoms with Crippen LogP contribution >= 0.6 is 24.0 Å². The molecule has 0 N–H and O–H groups in total.